The molecule has 2 aromatic heterocycles. The van der Waals surface area contributed by atoms with Crippen LogP contribution in [0.2, 0.25) is 0 Å². The number of nitrogens with zero attached hydrogens (tertiary/aromatic N) is 3. The van der Waals surface area contributed by atoms with Gasteiger partial charge in [-0.05, 0) is 27.2 Å². The Morgan fingerprint density at radius 3 is 2.65 bits per heavy atom. The van der Waals surface area contributed by atoms with Crippen molar-refractivity contribution in [2.45, 2.75) is 47.2 Å². The molecule has 0 atom stereocenters. The standard InChI is InChI=1S/C14H23N5O/c1-5-13-9(2)14(17-16-13)15-8-12-10(3)18-19(6-7-20)11(12)4/h20H,5-8H2,1-4H3,(H2,15,16,17). The average molecular weight is 277 g/mol. The smallest absolute Gasteiger partial charge is 0.151 e. The van der Waals surface area contributed by atoms with Gasteiger partial charge in [0.2, 0.25) is 0 Å². The van der Waals surface area contributed by atoms with Crippen LogP contribution in [-0.2, 0) is 19.5 Å². The highest BCUT2D eigenvalue weighted by atomic mass is 16.3. The van der Waals surface area contributed by atoms with Crippen LogP contribution < -0.4 is 5.32 Å². The summed E-state index contributed by atoms with van der Waals surface area (Å²) in [5.41, 5.74) is 5.58. The van der Waals surface area contributed by atoms with Crippen molar-refractivity contribution in [1.29, 1.82) is 0 Å². The minimum Gasteiger partial charge on any atom is -0.394 e. The van der Waals surface area contributed by atoms with Crippen LogP contribution in [0.1, 0.15) is 35.1 Å². The molecule has 0 bridgehead atoms. The third-order valence-electron chi connectivity index (χ3n) is 3.74. The second kappa shape index (κ2) is 6.09. The van der Waals surface area contributed by atoms with Gasteiger partial charge in [0.15, 0.2) is 5.82 Å². The van der Waals surface area contributed by atoms with Gasteiger partial charge in [-0.15, -0.1) is 0 Å². The summed E-state index contributed by atoms with van der Waals surface area (Å²) in [4.78, 5) is 0. The number of aliphatic hydroxyl groups excluding tert-OH is 1. The van der Waals surface area contributed by atoms with Crippen molar-refractivity contribution in [3.05, 3.63) is 28.2 Å². The van der Waals surface area contributed by atoms with Crippen molar-refractivity contribution < 1.29 is 5.11 Å². The van der Waals surface area contributed by atoms with Crippen LogP contribution in [-0.4, -0.2) is 31.7 Å². The van der Waals surface area contributed by atoms with E-state index in [1.54, 1.807) is 0 Å². The lowest BCUT2D eigenvalue weighted by Crippen LogP contribution is -2.07. The predicted molar refractivity (Wildman–Crippen MR) is 78.8 cm³/mol. The highest BCUT2D eigenvalue weighted by Gasteiger charge is 2.13. The number of aliphatic hydroxyl groups is 1. The first kappa shape index (κ1) is 14.6. The fourth-order valence-corrected chi connectivity index (χ4v) is 2.42. The highest BCUT2D eigenvalue weighted by molar-refractivity contribution is 5.46. The fourth-order valence-electron chi connectivity index (χ4n) is 2.42. The van der Waals surface area contributed by atoms with E-state index in [9.17, 15) is 0 Å². The first-order valence-electron chi connectivity index (χ1n) is 6.99. The summed E-state index contributed by atoms with van der Waals surface area (Å²) in [7, 11) is 0. The van der Waals surface area contributed by atoms with Gasteiger partial charge in [0.25, 0.3) is 0 Å². The van der Waals surface area contributed by atoms with Crippen molar-refractivity contribution in [2.24, 2.45) is 0 Å². The zero-order valence-electron chi connectivity index (χ0n) is 12.6. The van der Waals surface area contributed by atoms with E-state index in [0.717, 1.165) is 29.3 Å². The molecule has 0 fully saturated rings. The number of anilines is 1. The lowest BCUT2D eigenvalue weighted by atomic mass is 10.2. The van der Waals surface area contributed by atoms with E-state index in [0.29, 0.717) is 13.1 Å². The van der Waals surface area contributed by atoms with Gasteiger partial charge < -0.3 is 10.4 Å². The molecule has 0 aliphatic rings. The largest absolute Gasteiger partial charge is 0.394 e. The molecule has 0 aliphatic carbocycles. The van der Waals surface area contributed by atoms with Crippen molar-refractivity contribution in [1.82, 2.24) is 20.0 Å². The summed E-state index contributed by atoms with van der Waals surface area (Å²) in [5.74, 6) is 0.899. The molecule has 0 spiro atoms. The Bertz CT molecular complexity index is 585. The molecule has 110 valence electrons. The Kier molecular flexibility index (Phi) is 4.44. The van der Waals surface area contributed by atoms with Crippen LogP contribution in [0.3, 0.4) is 0 Å². The minimum absolute atomic E-state index is 0.104. The maximum absolute atomic E-state index is 9.03. The molecule has 2 aromatic rings. The first-order chi connectivity index (χ1) is 9.58. The zero-order chi connectivity index (χ0) is 14.7. The number of nitrogens with one attached hydrogen (secondary N) is 2. The Hall–Kier alpha value is -1.82. The molecule has 3 N–H and O–H groups in total. The third kappa shape index (κ3) is 2.70. The quantitative estimate of drug-likeness (QED) is 0.751. The summed E-state index contributed by atoms with van der Waals surface area (Å²) in [6.45, 7) is 9.53. The SMILES string of the molecule is CCc1[nH]nc(NCc2c(C)nn(CCO)c2C)c1C. The van der Waals surface area contributed by atoms with Crippen LogP contribution in [0, 0.1) is 20.8 Å². The molecule has 0 amide bonds. The van der Waals surface area contributed by atoms with Gasteiger partial charge in [-0.2, -0.15) is 10.2 Å². The predicted octanol–water partition coefficient (Wildman–Crippen LogP) is 1.70. The number of hydrogen-bond acceptors (Lipinski definition) is 4. The zero-order valence-corrected chi connectivity index (χ0v) is 12.6. The van der Waals surface area contributed by atoms with Gasteiger partial charge in [-0.3, -0.25) is 9.78 Å². The normalized spacial score (nSPS) is 11.1. The van der Waals surface area contributed by atoms with Crippen LogP contribution in [0.4, 0.5) is 5.82 Å². The fraction of sp³-hybridized carbons (Fsp3) is 0.571. The molecule has 0 unspecified atom stereocenters. The molecule has 0 aliphatic heterocycles. The van der Waals surface area contributed by atoms with E-state index in [1.165, 1.54) is 11.1 Å². The highest BCUT2D eigenvalue weighted by Crippen LogP contribution is 2.19. The molecule has 0 saturated heterocycles. The minimum atomic E-state index is 0.104. The van der Waals surface area contributed by atoms with E-state index in [2.05, 4.69) is 34.5 Å². The lowest BCUT2D eigenvalue weighted by molar-refractivity contribution is 0.268. The number of aromatic amines is 1. The molecule has 20 heavy (non-hydrogen) atoms. The van der Waals surface area contributed by atoms with E-state index in [1.807, 2.05) is 18.5 Å². The molecule has 2 heterocycles. The molecular weight excluding hydrogens is 254 g/mol. The first-order valence-corrected chi connectivity index (χ1v) is 6.99. The molecule has 2 rings (SSSR count). The molecule has 0 radical (unpaired) electrons. The second-order valence-corrected chi connectivity index (χ2v) is 4.98. The van der Waals surface area contributed by atoms with Crippen molar-refractivity contribution >= 4 is 5.82 Å². The van der Waals surface area contributed by atoms with Crippen molar-refractivity contribution in [3.63, 3.8) is 0 Å². The number of hydrogen-bond donors (Lipinski definition) is 3. The molecule has 6 nitrogen and oxygen atoms in total. The number of H-pyrrole nitrogens is 1. The van der Waals surface area contributed by atoms with Gasteiger partial charge in [0.05, 0.1) is 18.8 Å². The monoisotopic (exact) mass is 277 g/mol. The average Bonchev–Trinajstić information content (AvgIpc) is 2.90. The van der Waals surface area contributed by atoms with Gasteiger partial charge in [-0.1, -0.05) is 6.92 Å². The Balaban J connectivity index is 2.12. The second-order valence-electron chi connectivity index (χ2n) is 4.98. The van der Waals surface area contributed by atoms with Gasteiger partial charge >= 0.3 is 0 Å². The molecular formula is C14H23N5O. The molecule has 6 heteroatoms. The van der Waals surface area contributed by atoms with Crippen LogP contribution in [0.25, 0.3) is 0 Å². The van der Waals surface area contributed by atoms with Crippen LogP contribution >= 0.6 is 0 Å². The van der Waals surface area contributed by atoms with Gasteiger partial charge in [0.1, 0.15) is 0 Å². The van der Waals surface area contributed by atoms with Gasteiger partial charge in [0, 0.05) is 29.1 Å². The number of aromatic nitrogens is 4. The molecule has 0 saturated carbocycles. The topological polar surface area (TPSA) is 78.8 Å². The van der Waals surface area contributed by atoms with E-state index in [4.69, 9.17) is 5.11 Å². The Labute approximate surface area is 119 Å². The summed E-state index contributed by atoms with van der Waals surface area (Å²) < 4.78 is 1.85. The summed E-state index contributed by atoms with van der Waals surface area (Å²) in [6, 6.07) is 0. The Morgan fingerprint density at radius 1 is 1.30 bits per heavy atom. The Morgan fingerprint density at radius 2 is 2.05 bits per heavy atom. The summed E-state index contributed by atoms with van der Waals surface area (Å²) in [6.07, 6.45) is 0.951. The maximum Gasteiger partial charge on any atom is 0.151 e. The summed E-state index contributed by atoms with van der Waals surface area (Å²) >= 11 is 0. The third-order valence-corrected chi connectivity index (χ3v) is 3.74. The van der Waals surface area contributed by atoms with E-state index in [-0.39, 0.29) is 6.61 Å². The molecule has 0 aromatic carbocycles. The number of aryl methyl sites for hydroxylation is 2. The van der Waals surface area contributed by atoms with E-state index < -0.39 is 0 Å². The van der Waals surface area contributed by atoms with E-state index >= 15 is 0 Å². The number of rotatable bonds is 6. The van der Waals surface area contributed by atoms with Crippen molar-refractivity contribution in [3.8, 4) is 0 Å². The summed E-state index contributed by atoms with van der Waals surface area (Å²) in [5, 5.41) is 24.2. The lowest BCUT2D eigenvalue weighted by Gasteiger charge is -2.06. The maximum atomic E-state index is 9.03. The van der Waals surface area contributed by atoms with Crippen LogP contribution in [0.5, 0.6) is 0 Å². The van der Waals surface area contributed by atoms with Crippen LogP contribution in [0.15, 0.2) is 0 Å². The van der Waals surface area contributed by atoms with Crippen molar-refractivity contribution in [2.75, 3.05) is 11.9 Å². The van der Waals surface area contributed by atoms with Gasteiger partial charge in [-0.25, -0.2) is 0 Å².